The molecule has 26 heavy (non-hydrogen) atoms. The number of ether oxygens (including phenoxy) is 3. The molecule has 0 bridgehead atoms. The van der Waals surface area contributed by atoms with E-state index in [0.29, 0.717) is 0 Å². The summed E-state index contributed by atoms with van der Waals surface area (Å²) < 4.78 is 27.9. The standard InChI is InChI=1S/C16H18ClFN2O6/c1-5-25-16(23)26-12-7-11(10(18)6-9(12)17)19-15(22)20-13(8(2)3)14(21)24-4/h6-8H,5H2,1-4H3,(H,19,22). The molecule has 0 aliphatic carbocycles. The van der Waals surface area contributed by atoms with Gasteiger partial charge in [-0.05, 0) is 13.0 Å². The molecule has 0 unspecified atom stereocenters. The van der Waals surface area contributed by atoms with E-state index in [4.69, 9.17) is 16.3 Å². The molecule has 0 heterocycles. The van der Waals surface area contributed by atoms with Gasteiger partial charge in [-0.3, -0.25) is 0 Å². The highest BCUT2D eigenvalue weighted by molar-refractivity contribution is 6.39. The van der Waals surface area contributed by atoms with Crippen LogP contribution < -0.4 is 10.1 Å². The summed E-state index contributed by atoms with van der Waals surface area (Å²) in [5, 5.41) is 1.95. The number of urea groups is 1. The summed E-state index contributed by atoms with van der Waals surface area (Å²) >= 11 is 5.79. The zero-order chi connectivity index (χ0) is 19.9. The van der Waals surface area contributed by atoms with E-state index >= 15 is 0 Å². The van der Waals surface area contributed by atoms with Crippen LogP contribution in [0, 0.1) is 11.7 Å². The minimum atomic E-state index is -1.04. The number of hydrogen-bond donors (Lipinski definition) is 1. The lowest BCUT2D eigenvalue weighted by molar-refractivity contribution is -0.133. The van der Waals surface area contributed by atoms with Crippen LogP contribution in [0.15, 0.2) is 17.1 Å². The van der Waals surface area contributed by atoms with Crippen molar-refractivity contribution in [3.05, 3.63) is 23.0 Å². The predicted molar refractivity (Wildman–Crippen MR) is 92.4 cm³/mol. The van der Waals surface area contributed by atoms with Crippen molar-refractivity contribution in [3.8, 4) is 5.75 Å². The summed E-state index contributed by atoms with van der Waals surface area (Å²) in [6.07, 6.45) is -1.04. The van der Waals surface area contributed by atoms with E-state index in [0.717, 1.165) is 19.2 Å². The molecule has 8 nitrogen and oxygen atoms in total. The van der Waals surface area contributed by atoms with Crippen LogP contribution in [0.2, 0.25) is 5.02 Å². The summed E-state index contributed by atoms with van der Waals surface area (Å²) in [5.41, 5.74) is -0.488. The first-order valence-electron chi connectivity index (χ1n) is 7.51. The van der Waals surface area contributed by atoms with Gasteiger partial charge in [-0.15, -0.1) is 0 Å². The van der Waals surface area contributed by atoms with E-state index in [1.165, 1.54) is 0 Å². The molecule has 1 aromatic rings. The summed E-state index contributed by atoms with van der Waals surface area (Å²) in [6, 6.07) is 0.830. The number of carbonyl (C=O) groups is 3. The van der Waals surface area contributed by atoms with Crippen molar-refractivity contribution in [3.63, 3.8) is 0 Å². The molecule has 0 fully saturated rings. The van der Waals surface area contributed by atoms with Crippen molar-refractivity contribution in [1.29, 1.82) is 0 Å². The van der Waals surface area contributed by atoms with Gasteiger partial charge in [-0.1, -0.05) is 25.4 Å². The van der Waals surface area contributed by atoms with E-state index in [1.807, 2.05) is 0 Å². The zero-order valence-corrected chi connectivity index (χ0v) is 15.3. The highest BCUT2D eigenvalue weighted by Gasteiger charge is 2.19. The topological polar surface area (TPSA) is 103 Å². The zero-order valence-electron chi connectivity index (χ0n) is 14.6. The molecule has 142 valence electrons. The molecule has 1 aromatic carbocycles. The number of amides is 2. The molecule has 0 atom stereocenters. The normalized spacial score (nSPS) is 11.1. The molecular weight excluding hydrogens is 371 g/mol. The first kappa shape index (κ1) is 21.4. The first-order chi connectivity index (χ1) is 12.2. The van der Waals surface area contributed by atoms with Gasteiger partial charge in [0.25, 0.3) is 0 Å². The van der Waals surface area contributed by atoms with Crippen LogP contribution in [-0.2, 0) is 14.3 Å². The van der Waals surface area contributed by atoms with Gasteiger partial charge in [0, 0.05) is 12.0 Å². The second kappa shape index (κ2) is 9.71. The van der Waals surface area contributed by atoms with Crippen molar-refractivity contribution < 1.29 is 33.0 Å². The number of anilines is 1. The van der Waals surface area contributed by atoms with Crippen molar-refractivity contribution in [2.24, 2.45) is 10.9 Å². The Morgan fingerprint density at radius 2 is 1.96 bits per heavy atom. The Morgan fingerprint density at radius 3 is 2.50 bits per heavy atom. The second-order valence-corrected chi connectivity index (χ2v) is 5.53. The molecule has 10 heteroatoms. The second-order valence-electron chi connectivity index (χ2n) is 5.12. The number of benzene rings is 1. The summed E-state index contributed by atoms with van der Waals surface area (Å²) in [5.74, 6) is -2.29. The molecule has 0 spiro atoms. The third-order valence-electron chi connectivity index (χ3n) is 2.88. The van der Waals surface area contributed by atoms with E-state index < -0.39 is 29.9 Å². The molecule has 0 aromatic heterocycles. The number of nitrogens with one attached hydrogen (secondary N) is 1. The predicted octanol–water partition coefficient (Wildman–Crippen LogP) is 3.82. The van der Waals surface area contributed by atoms with Crippen molar-refractivity contribution in [2.75, 3.05) is 19.0 Å². The molecule has 1 rings (SSSR count). The summed E-state index contributed by atoms with van der Waals surface area (Å²) in [7, 11) is 1.15. The average Bonchev–Trinajstić information content (AvgIpc) is 2.56. The quantitative estimate of drug-likeness (QED) is 0.467. The number of halogens is 2. The fraction of sp³-hybridized carbons (Fsp3) is 0.375. The number of hydrogen-bond acceptors (Lipinski definition) is 6. The van der Waals surface area contributed by atoms with Crippen LogP contribution >= 0.6 is 11.6 Å². The third-order valence-corrected chi connectivity index (χ3v) is 3.18. The molecule has 0 radical (unpaired) electrons. The molecule has 0 saturated heterocycles. The molecule has 0 saturated carbocycles. The monoisotopic (exact) mass is 388 g/mol. The van der Waals surface area contributed by atoms with E-state index in [-0.39, 0.29) is 28.8 Å². The lowest BCUT2D eigenvalue weighted by atomic mass is 10.1. The maximum atomic E-state index is 14.0. The van der Waals surface area contributed by atoms with Crippen molar-refractivity contribution in [1.82, 2.24) is 0 Å². The van der Waals surface area contributed by atoms with E-state index in [1.54, 1.807) is 20.8 Å². The Labute approximate surface area is 154 Å². The molecular formula is C16H18ClFN2O6. The highest BCUT2D eigenvalue weighted by Crippen LogP contribution is 2.31. The van der Waals surface area contributed by atoms with Gasteiger partial charge in [-0.2, -0.15) is 4.99 Å². The molecule has 2 amide bonds. The Hall–Kier alpha value is -2.68. The molecule has 0 aliphatic heterocycles. The Bertz CT molecular complexity index is 736. The van der Waals surface area contributed by atoms with Crippen LogP contribution in [0.25, 0.3) is 0 Å². The van der Waals surface area contributed by atoms with Gasteiger partial charge < -0.3 is 19.5 Å². The van der Waals surface area contributed by atoms with E-state index in [2.05, 4.69) is 19.8 Å². The maximum Gasteiger partial charge on any atom is 0.513 e. The minimum absolute atomic E-state index is 0.0709. The Morgan fingerprint density at radius 1 is 1.31 bits per heavy atom. The van der Waals surface area contributed by atoms with Crippen LogP contribution in [0.4, 0.5) is 19.7 Å². The van der Waals surface area contributed by atoms with E-state index in [9.17, 15) is 18.8 Å². The van der Waals surface area contributed by atoms with Crippen LogP contribution in [0.3, 0.4) is 0 Å². The van der Waals surface area contributed by atoms with Gasteiger partial charge in [0.1, 0.15) is 11.5 Å². The third kappa shape index (κ3) is 5.99. The Kier molecular flexibility index (Phi) is 7.98. The number of carbonyl (C=O) groups excluding carboxylic acids is 3. The molecule has 0 aliphatic rings. The van der Waals surface area contributed by atoms with Gasteiger partial charge in [0.2, 0.25) is 0 Å². The smallest absolute Gasteiger partial charge is 0.465 e. The van der Waals surface area contributed by atoms with Crippen LogP contribution in [0.5, 0.6) is 5.75 Å². The lowest BCUT2D eigenvalue weighted by Gasteiger charge is -2.11. The molecule has 1 N–H and O–H groups in total. The maximum absolute atomic E-state index is 14.0. The number of esters is 1. The average molecular weight is 389 g/mol. The van der Waals surface area contributed by atoms with Crippen LogP contribution in [-0.4, -0.2) is 37.6 Å². The fourth-order valence-corrected chi connectivity index (χ4v) is 1.90. The SMILES string of the molecule is CCOC(=O)Oc1cc(NC(=O)N=C(C(=O)OC)C(C)C)c(F)cc1Cl. The summed E-state index contributed by atoms with van der Waals surface area (Å²) in [4.78, 5) is 38.5. The highest BCUT2D eigenvalue weighted by atomic mass is 35.5. The number of nitrogens with zero attached hydrogens (tertiary/aromatic N) is 1. The minimum Gasteiger partial charge on any atom is -0.465 e. The number of rotatable bonds is 5. The lowest BCUT2D eigenvalue weighted by Crippen LogP contribution is -2.24. The van der Waals surface area contributed by atoms with Gasteiger partial charge in [0.15, 0.2) is 5.75 Å². The fourth-order valence-electron chi connectivity index (χ4n) is 1.71. The van der Waals surface area contributed by atoms with Gasteiger partial charge >= 0.3 is 18.2 Å². The van der Waals surface area contributed by atoms with Gasteiger partial charge in [-0.25, -0.2) is 18.8 Å². The van der Waals surface area contributed by atoms with Crippen molar-refractivity contribution >= 4 is 41.2 Å². The van der Waals surface area contributed by atoms with Crippen LogP contribution in [0.1, 0.15) is 20.8 Å². The van der Waals surface area contributed by atoms with Crippen molar-refractivity contribution in [2.45, 2.75) is 20.8 Å². The Balaban J connectivity index is 3.06. The summed E-state index contributed by atoms with van der Waals surface area (Å²) in [6.45, 7) is 4.92. The number of aliphatic imine (C=N–C) groups is 1. The van der Waals surface area contributed by atoms with Gasteiger partial charge in [0.05, 0.1) is 24.4 Å². The largest absolute Gasteiger partial charge is 0.513 e. The first-order valence-corrected chi connectivity index (χ1v) is 7.88. The number of methoxy groups -OCH3 is 1.